The van der Waals surface area contributed by atoms with Crippen LogP contribution in [-0.4, -0.2) is 31.1 Å². The summed E-state index contributed by atoms with van der Waals surface area (Å²) < 4.78 is 0. The van der Waals surface area contributed by atoms with Gasteiger partial charge in [0.1, 0.15) is 0 Å². The molecule has 0 aliphatic carbocycles. The second-order valence-corrected chi connectivity index (χ2v) is 6.91. The van der Waals surface area contributed by atoms with E-state index < -0.39 is 0 Å². The molecule has 0 aromatic heterocycles. The second kappa shape index (κ2) is 6.28. The third kappa shape index (κ3) is 3.07. The Morgan fingerprint density at radius 1 is 1.20 bits per heavy atom. The summed E-state index contributed by atoms with van der Waals surface area (Å²) in [4.78, 5) is 2.69. The van der Waals surface area contributed by atoms with Gasteiger partial charge in [-0.3, -0.25) is 0 Å². The zero-order valence-electron chi connectivity index (χ0n) is 12.9. The molecule has 1 unspecified atom stereocenters. The monoisotopic (exact) mass is 272 g/mol. The lowest BCUT2D eigenvalue weighted by Gasteiger charge is -2.37. The van der Waals surface area contributed by atoms with Gasteiger partial charge in [0.25, 0.3) is 0 Å². The molecule has 0 spiro atoms. The van der Waals surface area contributed by atoms with Gasteiger partial charge in [0.15, 0.2) is 0 Å². The van der Waals surface area contributed by atoms with Gasteiger partial charge in [0, 0.05) is 25.6 Å². The summed E-state index contributed by atoms with van der Waals surface area (Å²) in [5.74, 6) is 2.48. The topological polar surface area (TPSA) is 15.3 Å². The molecule has 2 aliphatic heterocycles. The molecule has 110 valence electrons. The highest BCUT2D eigenvalue weighted by Crippen LogP contribution is 2.28. The Labute approximate surface area is 123 Å². The number of benzene rings is 1. The third-order valence-corrected chi connectivity index (χ3v) is 5.25. The van der Waals surface area contributed by atoms with Crippen LogP contribution in [0, 0.1) is 11.8 Å². The van der Waals surface area contributed by atoms with E-state index in [9.17, 15) is 0 Å². The number of likely N-dealkylation sites (tertiary alicyclic amines) is 1. The van der Waals surface area contributed by atoms with Crippen molar-refractivity contribution >= 4 is 0 Å². The first-order chi connectivity index (χ1) is 9.74. The Morgan fingerprint density at radius 2 is 1.95 bits per heavy atom. The van der Waals surface area contributed by atoms with Crippen LogP contribution in [0.2, 0.25) is 0 Å². The predicted molar refractivity (Wildman–Crippen MR) is 84.9 cm³/mol. The summed E-state index contributed by atoms with van der Waals surface area (Å²) in [7, 11) is 0. The second-order valence-electron chi connectivity index (χ2n) is 6.91. The average molecular weight is 272 g/mol. The highest BCUT2D eigenvalue weighted by Gasteiger charge is 2.26. The first kappa shape index (κ1) is 14.1. The molecule has 1 fully saturated rings. The average Bonchev–Trinajstić information content (AvgIpc) is 2.48. The Hall–Kier alpha value is -0.860. The molecule has 2 aliphatic rings. The first-order valence-corrected chi connectivity index (χ1v) is 8.25. The summed E-state index contributed by atoms with van der Waals surface area (Å²) in [6, 6.07) is 8.97. The summed E-state index contributed by atoms with van der Waals surface area (Å²) >= 11 is 0. The molecule has 20 heavy (non-hydrogen) atoms. The minimum absolute atomic E-state index is 0.676. The molecule has 3 rings (SSSR count). The molecule has 2 nitrogen and oxygen atoms in total. The maximum atomic E-state index is 3.58. The molecule has 0 saturated carbocycles. The number of nitrogens with zero attached hydrogens (tertiary/aromatic N) is 1. The quantitative estimate of drug-likeness (QED) is 0.908. The smallest absolute Gasteiger partial charge is 0.0208 e. The summed E-state index contributed by atoms with van der Waals surface area (Å²) in [5.41, 5.74) is 3.08. The third-order valence-electron chi connectivity index (χ3n) is 5.25. The van der Waals surface area contributed by atoms with E-state index >= 15 is 0 Å². The fourth-order valence-electron chi connectivity index (χ4n) is 3.86. The number of piperidine rings is 1. The van der Waals surface area contributed by atoms with Crippen LogP contribution in [0.3, 0.4) is 0 Å². The number of nitrogens with one attached hydrogen (secondary N) is 1. The normalized spacial score (nSPS) is 24.9. The Bertz CT molecular complexity index is 433. The van der Waals surface area contributed by atoms with Gasteiger partial charge in [0.2, 0.25) is 0 Å². The molecule has 1 atom stereocenters. The van der Waals surface area contributed by atoms with Gasteiger partial charge in [-0.25, -0.2) is 0 Å². The lowest BCUT2D eigenvalue weighted by Crippen LogP contribution is -2.41. The van der Waals surface area contributed by atoms with Crippen molar-refractivity contribution in [3.8, 4) is 0 Å². The van der Waals surface area contributed by atoms with E-state index in [1.165, 1.54) is 38.0 Å². The molecular weight excluding hydrogens is 244 g/mol. The van der Waals surface area contributed by atoms with E-state index in [0.29, 0.717) is 5.92 Å². The van der Waals surface area contributed by atoms with E-state index in [0.717, 1.165) is 24.9 Å². The first-order valence-electron chi connectivity index (χ1n) is 8.25. The van der Waals surface area contributed by atoms with Crippen LogP contribution in [0.1, 0.15) is 43.7 Å². The van der Waals surface area contributed by atoms with Crippen LogP contribution < -0.4 is 5.32 Å². The van der Waals surface area contributed by atoms with Crippen molar-refractivity contribution < 1.29 is 0 Å². The fraction of sp³-hybridized carbons (Fsp3) is 0.667. The van der Waals surface area contributed by atoms with E-state index in [-0.39, 0.29) is 0 Å². The summed E-state index contributed by atoms with van der Waals surface area (Å²) in [6.07, 6.45) is 2.78. The lowest BCUT2D eigenvalue weighted by atomic mass is 9.85. The van der Waals surface area contributed by atoms with Gasteiger partial charge >= 0.3 is 0 Å². The zero-order valence-corrected chi connectivity index (χ0v) is 12.9. The number of hydrogen-bond acceptors (Lipinski definition) is 2. The van der Waals surface area contributed by atoms with Gasteiger partial charge in [0.05, 0.1) is 0 Å². The van der Waals surface area contributed by atoms with Crippen molar-refractivity contribution in [2.75, 3.05) is 26.2 Å². The van der Waals surface area contributed by atoms with Crippen LogP contribution in [0.25, 0.3) is 0 Å². The van der Waals surface area contributed by atoms with E-state index in [2.05, 4.69) is 48.3 Å². The van der Waals surface area contributed by atoms with Gasteiger partial charge in [-0.1, -0.05) is 38.1 Å². The van der Waals surface area contributed by atoms with Crippen LogP contribution in [0.4, 0.5) is 0 Å². The maximum Gasteiger partial charge on any atom is 0.0208 e. The largest absolute Gasteiger partial charge is 0.312 e. The molecule has 1 aromatic carbocycles. The molecule has 0 radical (unpaired) electrons. The minimum Gasteiger partial charge on any atom is -0.312 e. The van der Waals surface area contributed by atoms with Gasteiger partial charge in [-0.15, -0.1) is 0 Å². The molecule has 1 saturated heterocycles. The summed E-state index contributed by atoms with van der Waals surface area (Å²) in [6.45, 7) is 10.8. The van der Waals surface area contributed by atoms with E-state index in [4.69, 9.17) is 0 Å². The number of hydrogen-bond donors (Lipinski definition) is 1. The molecule has 2 heteroatoms. The van der Waals surface area contributed by atoms with Crippen molar-refractivity contribution in [2.24, 2.45) is 11.8 Å². The SMILES string of the molecule is CC(C)C1CCN(CC2CNCc3ccccc32)CC1. The predicted octanol–water partition coefficient (Wildman–Crippen LogP) is 3.24. The van der Waals surface area contributed by atoms with Crippen molar-refractivity contribution in [1.82, 2.24) is 10.2 Å². The molecule has 2 heterocycles. The van der Waals surface area contributed by atoms with Crippen LogP contribution in [0.5, 0.6) is 0 Å². The lowest BCUT2D eigenvalue weighted by molar-refractivity contribution is 0.149. The molecule has 1 N–H and O–H groups in total. The van der Waals surface area contributed by atoms with Gasteiger partial charge in [-0.2, -0.15) is 0 Å². The van der Waals surface area contributed by atoms with E-state index in [1.807, 2.05) is 0 Å². The molecule has 1 aromatic rings. The zero-order chi connectivity index (χ0) is 13.9. The van der Waals surface area contributed by atoms with E-state index in [1.54, 1.807) is 5.56 Å². The Kier molecular flexibility index (Phi) is 4.42. The molecule has 0 amide bonds. The van der Waals surface area contributed by atoms with Crippen LogP contribution in [0.15, 0.2) is 24.3 Å². The fourth-order valence-corrected chi connectivity index (χ4v) is 3.86. The molecule has 0 bridgehead atoms. The number of rotatable bonds is 3. The van der Waals surface area contributed by atoms with Crippen molar-refractivity contribution in [2.45, 2.75) is 39.2 Å². The number of fused-ring (bicyclic) bond motifs is 1. The Morgan fingerprint density at radius 3 is 2.70 bits per heavy atom. The Balaban J connectivity index is 1.60. The van der Waals surface area contributed by atoms with Crippen LogP contribution in [-0.2, 0) is 6.54 Å². The van der Waals surface area contributed by atoms with Crippen LogP contribution >= 0.6 is 0 Å². The van der Waals surface area contributed by atoms with Crippen molar-refractivity contribution in [3.05, 3.63) is 35.4 Å². The molecular formula is C18H28N2. The van der Waals surface area contributed by atoms with Gasteiger partial charge < -0.3 is 10.2 Å². The highest BCUT2D eigenvalue weighted by molar-refractivity contribution is 5.32. The maximum absolute atomic E-state index is 3.58. The minimum atomic E-state index is 0.676. The summed E-state index contributed by atoms with van der Waals surface area (Å²) in [5, 5.41) is 3.58. The standard InChI is InChI=1S/C18H28N2/c1-14(2)15-7-9-20(10-8-15)13-17-12-19-11-16-5-3-4-6-18(16)17/h3-6,14-15,17,19H,7-13H2,1-2H3. The van der Waals surface area contributed by atoms with Gasteiger partial charge in [-0.05, 0) is 48.9 Å². The van der Waals surface area contributed by atoms with Crippen molar-refractivity contribution in [3.63, 3.8) is 0 Å². The van der Waals surface area contributed by atoms with Crippen molar-refractivity contribution in [1.29, 1.82) is 0 Å². The highest BCUT2D eigenvalue weighted by atomic mass is 15.1.